The molecule has 0 aliphatic carbocycles. The number of thiazole rings is 1. The maximum Gasteiger partial charge on any atom is 0.225 e. The lowest BCUT2D eigenvalue weighted by Crippen LogP contribution is -2.47. The molecule has 1 aromatic carbocycles. The van der Waals surface area contributed by atoms with E-state index < -0.39 is 0 Å². The Balaban J connectivity index is 1.41. The number of fused-ring (bicyclic) bond motifs is 1. The number of hydrogen-bond donors (Lipinski definition) is 0. The Kier molecular flexibility index (Phi) is 4.87. The van der Waals surface area contributed by atoms with E-state index in [0.717, 1.165) is 42.5 Å². The Morgan fingerprint density at radius 1 is 1.08 bits per heavy atom. The van der Waals surface area contributed by atoms with E-state index in [2.05, 4.69) is 49.9 Å². The largest absolute Gasteiger partial charge is 0.338 e. The van der Waals surface area contributed by atoms with Crippen molar-refractivity contribution < 1.29 is 0 Å². The van der Waals surface area contributed by atoms with E-state index in [0.29, 0.717) is 6.04 Å². The van der Waals surface area contributed by atoms with Crippen molar-refractivity contribution in [2.24, 2.45) is 0 Å². The lowest BCUT2D eigenvalue weighted by atomic mass is 10.1. The summed E-state index contributed by atoms with van der Waals surface area (Å²) < 4.78 is 1.26. The molecule has 7 heteroatoms. The summed E-state index contributed by atoms with van der Waals surface area (Å²) in [5.74, 6) is 0.842. The minimum atomic E-state index is 0.396. The number of piperazine rings is 1. The van der Waals surface area contributed by atoms with E-state index in [1.807, 2.05) is 24.2 Å². The van der Waals surface area contributed by atoms with E-state index >= 15 is 0 Å². The van der Waals surface area contributed by atoms with E-state index in [4.69, 9.17) is 0 Å². The first-order valence-corrected chi connectivity index (χ1v) is 10.5. The summed E-state index contributed by atoms with van der Waals surface area (Å²) >= 11 is 3.37. The number of anilines is 1. The van der Waals surface area contributed by atoms with Gasteiger partial charge in [0, 0.05) is 49.5 Å². The topological polar surface area (TPSA) is 45.2 Å². The molecule has 130 valence electrons. The van der Waals surface area contributed by atoms with Gasteiger partial charge in [-0.2, -0.15) is 0 Å². The number of nitrogens with zero attached hydrogens (tertiary/aromatic N) is 5. The third kappa shape index (κ3) is 3.49. The molecular formula is C18H21N5S2. The molecule has 0 bridgehead atoms. The van der Waals surface area contributed by atoms with Gasteiger partial charge in [0.05, 0.1) is 15.7 Å². The molecule has 1 unspecified atom stereocenters. The van der Waals surface area contributed by atoms with Crippen LogP contribution in [0, 0.1) is 0 Å². The second-order valence-electron chi connectivity index (χ2n) is 6.20. The van der Waals surface area contributed by atoms with Crippen LogP contribution in [0.4, 0.5) is 5.95 Å². The molecular weight excluding hydrogens is 350 g/mol. The molecule has 0 radical (unpaired) electrons. The molecule has 1 aliphatic rings. The van der Waals surface area contributed by atoms with Crippen LogP contribution in [0.25, 0.3) is 10.2 Å². The summed E-state index contributed by atoms with van der Waals surface area (Å²) in [4.78, 5) is 19.3. The summed E-state index contributed by atoms with van der Waals surface area (Å²) in [5, 5.41) is 0. The van der Waals surface area contributed by atoms with Gasteiger partial charge in [0.15, 0.2) is 0 Å². The van der Waals surface area contributed by atoms with Crippen molar-refractivity contribution in [3.63, 3.8) is 0 Å². The van der Waals surface area contributed by atoms with E-state index in [9.17, 15) is 0 Å². The Labute approximate surface area is 156 Å². The zero-order valence-electron chi connectivity index (χ0n) is 14.4. The minimum Gasteiger partial charge on any atom is -0.338 e. The molecule has 3 aromatic rings. The van der Waals surface area contributed by atoms with Crippen LogP contribution in [0.1, 0.15) is 18.5 Å². The number of hydrogen-bond acceptors (Lipinski definition) is 7. The smallest absolute Gasteiger partial charge is 0.225 e. The molecule has 1 aliphatic heterocycles. The molecule has 0 amide bonds. The summed E-state index contributed by atoms with van der Waals surface area (Å²) in [6, 6.07) is 7.05. The first-order chi connectivity index (χ1) is 12.2. The van der Waals surface area contributed by atoms with Gasteiger partial charge < -0.3 is 4.90 Å². The van der Waals surface area contributed by atoms with Gasteiger partial charge in [0.25, 0.3) is 0 Å². The lowest BCUT2D eigenvalue weighted by Gasteiger charge is -2.38. The maximum atomic E-state index is 4.50. The predicted octanol–water partition coefficient (Wildman–Crippen LogP) is 3.69. The average molecular weight is 372 g/mol. The van der Waals surface area contributed by atoms with Crippen LogP contribution < -0.4 is 4.90 Å². The third-order valence-corrected chi connectivity index (χ3v) is 6.32. The van der Waals surface area contributed by atoms with Crippen molar-refractivity contribution in [1.29, 1.82) is 0 Å². The highest BCUT2D eigenvalue weighted by atomic mass is 32.2. The molecule has 25 heavy (non-hydrogen) atoms. The van der Waals surface area contributed by atoms with Gasteiger partial charge in [-0.3, -0.25) is 4.90 Å². The van der Waals surface area contributed by atoms with Crippen LogP contribution in [0.3, 0.4) is 0 Å². The number of benzene rings is 1. The zero-order chi connectivity index (χ0) is 17.2. The van der Waals surface area contributed by atoms with E-state index in [1.165, 1.54) is 10.3 Å². The van der Waals surface area contributed by atoms with Crippen LogP contribution in [0.15, 0.2) is 41.0 Å². The summed E-state index contributed by atoms with van der Waals surface area (Å²) in [6.45, 7) is 6.24. The SMILES string of the molecule is CSc1cnc(N2CCN(C(C)c3ccc4scnc4c3)CC2)nc1. The van der Waals surface area contributed by atoms with Crippen molar-refractivity contribution in [3.05, 3.63) is 41.7 Å². The zero-order valence-corrected chi connectivity index (χ0v) is 16.1. The summed E-state index contributed by atoms with van der Waals surface area (Å²) in [7, 11) is 0. The van der Waals surface area contributed by atoms with E-state index in [-0.39, 0.29) is 0 Å². The molecule has 3 heterocycles. The average Bonchev–Trinajstić information content (AvgIpc) is 3.15. The van der Waals surface area contributed by atoms with Gasteiger partial charge in [-0.1, -0.05) is 6.07 Å². The highest BCUT2D eigenvalue weighted by Gasteiger charge is 2.23. The fraction of sp³-hybridized carbons (Fsp3) is 0.389. The molecule has 4 rings (SSSR count). The van der Waals surface area contributed by atoms with Gasteiger partial charge in [0.1, 0.15) is 0 Å². The second-order valence-corrected chi connectivity index (χ2v) is 7.97. The molecule has 1 atom stereocenters. The van der Waals surface area contributed by atoms with Gasteiger partial charge in [0.2, 0.25) is 5.95 Å². The summed E-state index contributed by atoms with van der Waals surface area (Å²) in [5.41, 5.74) is 4.36. The van der Waals surface area contributed by atoms with Crippen molar-refractivity contribution in [1.82, 2.24) is 19.9 Å². The van der Waals surface area contributed by atoms with Crippen LogP contribution in [0.5, 0.6) is 0 Å². The summed E-state index contributed by atoms with van der Waals surface area (Å²) in [6.07, 6.45) is 5.86. The van der Waals surface area contributed by atoms with Crippen molar-refractivity contribution in [2.75, 3.05) is 37.3 Å². The number of rotatable bonds is 4. The van der Waals surface area contributed by atoms with Gasteiger partial charge in [-0.25, -0.2) is 15.0 Å². The second kappa shape index (κ2) is 7.27. The Hall–Kier alpha value is -1.70. The molecule has 5 nitrogen and oxygen atoms in total. The molecule has 2 aromatic heterocycles. The maximum absolute atomic E-state index is 4.50. The number of aromatic nitrogens is 3. The third-order valence-electron chi connectivity index (χ3n) is 4.83. The fourth-order valence-electron chi connectivity index (χ4n) is 3.23. The lowest BCUT2D eigenvalue weighted by molar-refractivity contribution is 0.198. The molecule has 1 saturated heterocycles. The Bertz CT molecular complexity index is 840. The Morgan fingerprint density at radius 2 is 1.84 bits per heavy atom. The van der Waals surface area contributed by atoms with Crippen LogP contribution in [-0.2, 0) is 0 Å². The highest BCUT2D eigenvalue weighted by Crippen LogP contribution is 2.27. The quantitative estimate of drug-likeness (QED) is 0.652. The minimum absolute atomic E-state index is 0.396. The van der Waals surface area contributed by atoms with Crippen LogP contribution in [0.2, 0.25) is 0 Å². The van der Waals surface area contributed by atoms with Gasteiger partial charge in [-0.15, -0.1) is 23.1 Å². The van der Waals surface area contributed by atoms with Gasteiger partial charge >= 0.3 is 0 Å². The fourth-order valence-corrected chi connectivity index (χ4v) is 4.21. The normalized spacial score (nSPS) is 17.1. The molecule has 1 fully saturated rings. The molecule has 0 N–H and O–H groups in total. The highest BCUT2D eigenvalue weighted by molar-refractivity contribution is 7.98. The van der Waals surface area contributed by atoms with Crippen LogP contribution >= 0.6 is 23.1 Å². The van der Waals surface area contributed by atoms with Crippen LogP contribution in [-0.4, -0.2) is 52.3 Å². The number of thioether (sulfide) groups is 1. The Morgan fingerprint density at radius 3 is 2.56 bits per heavy atom. The van der Waals surface area contributed by atoms with Crippen molar-refractivity contribution >= 4 is 39.3 Å². The molecule has 0 spiro atoms. The predicted molar refractivity (Wildman–Crippen MR) is 106 cm³/mol. The first-order valence-electron chi connectivity index (χ1n) is 8.43. The first kappa shape index (κ1) is 16.8. The van der Waals surface area contributed by atoms with Gasteiger partial charge in [-0.05, 0) is 30.9 Å². The monoisotopic (exact) mass is 371 g/mol. The van der Waals surface area contributed by atoms with Crippen molar-refractivity contribution in [2.45, 2.75) is 17.9 Å². The van der Waals surface area contributed by atoms with E-state index in [1.54, 1.807) is 23.1 Å². The standard InChI is InChI=1S/C18H21N5S2/c1-13(14-3-4-17-16(9-14)21-12-25-17)22-5-7-23(8-6-22)18-19-10-15(24-2)11-20-18/h3-4,9-13H,5-8H2,1-2H3. The van der Waals surface area contributed by atoms with Crippen molar-refractivity contribution in [3.8, 4) is 0 Å². The molecule has 0 saturated carbocycles.